The molecule has 0 saturated heterocycles. The third-order valence-electron chi connectivity index (χ3n) is 4.32. The van der Waals surface area contributed by atoms with Crippen molar-refractivity contribution in [1.82, 2.24) is 15.1 Å². The van der Waals surface area contributed by atoms with Gasteiger partial charge in [0.15, 0.2) is 5.69 Å². The SMILES string of the molecule is Cc1cc(=O)c(C(=O)NCCCSc2ccc(F)cc2)nn1-c1ccccc1[N+](=O)[O-]. The molecule has 8 nitrogen and oxygen atoms in total. The van der Waals surface area contributed by atoms with Crippen molar-refractivity contribution in [3.05, 3.63) is 92.1 Å². The predicted octanol–water partition coefficient (Wildman–Crippen LogP) is 3.50. The van der Waals surface area contributed by atoms with Crippen LogP contribution in [0.5, 0.6) is 0 Å². The summed E-state index contributed by atoms with van der Waals surface area (Å²) in [6, 6.07) is 13.3. The van der Waals surface area contributed by atoms with Gasteiger partial charge in [-0.05, 0) is 49.4 Å². The molecule has 0 spiro atoms. The van der Waals surface area contributed by atoms with E-state index in [2.05, 4.69) is 10.4 Å². The molecular formula is C21H19FN4O4S. The highest BCUT2D eigenvalue weighted by Gasteiger charge is 2.19. The molecule has 0 aliphatic heterocycles. The number of hydrogen-bond acceptors (Lipinski definition) is 6. The van der Waals surface area contributed by atoms with Crippen molar-refractivity contribution in [2.75, 3.05) is 12.3 Å². The molecule has 0 bridgehead atoms. The zero-order chi connectivity index (χ0) is 22.4. The molecule has 0 aliphatic carbocycles. The standard InChI is InChI=1S/C21H19FN4O4S/c1-14-13-19(27)20(24-25(14)17-5-2-3-6-18(17)26(29)30)21(28)23-11-4-12-31-16-9-7-15(22)8-10-16/h2-3,5-10,13H,4,11-12H2,1H3,(H,23,28). The molecule has 31 heavy (non-hydrogen) atoms. The minimum absolute atomic E-state index is 0.162. The predicted molar refractivity (Wildman–Crippen MR) is 115 cm³/mol. The van der Waals surface area contributed by atoms with E-state index in [0.717, 1.165) is 4.90 Å². The number of hydrogen-bond donors (Lipinski definition) is 1. The molecule has 0 radical (unpaired) electrons. The van der Waals surface area contributed by atoms with Gasteiger partial charge >= 0.3 is 0 Å². The number of aromatic nitrogens is 2. The van der Waals surface area contributed by atoms with Crippen molar-refractivity contribution in [2.45, 2.75) is 18.2 Å². The maximum absolute atomic E-state index is 12.9. The van der Waals surface area contributed by atoms with Gasteiger partial charge in [0.25, 0.3) is 11.6 Å². The molecular weight excluding hydrogens is 423 g/mol. The number of nitro groups is 1. The number of carbonyl (C=O) groups is 1. The Bertz CT molecular complexity index is 1160. The number of nitro benzene ring substituents is 1. The van der Waals surface area contributed by atoms with Crippen molar-refractivity contribution in [3.63, 3.8) is 0 Å². The van der Waals surface area contributed by atoms with Crippen molar-refractivity contribution < 1.29 is 14.1 Å². The molecule has 0 saturated carbocycles. The molecule has 3 aromatic rings. The number of halogens is 1. The van der Waals surface area contributed by atoms with Gasteiger partial charge in [0, 0.05) is 29.3 Å². The van der Waals surface area contributed by atoms with E-state index >= 15 is 0 Å². The minimum Gasteiger partial charge on any atom is -0.350 e. The lowest BCUT2D eigenvalue weighted by Gasteiger charge is -2.11. The molecule has 160 valence electrons. The number of benzene rings is 2. The van der Waals surface area contributed by atoms with E-state index in [9.17, 15) is 24.1 Å². The fourth-order valence-corrected chi connectivity index (χ4v) is 3.68. The Morgan fingerprint density at radius 1 is 1.23 bits per heavy atom. The van der Waals surface area contributed by atoms with Crippen LogP contribution in [0.3, 0.4) is 0 Å². The highest BCUT2D eigenvalue weighted by atomic mass is 32.2. The van der Waals surface area contributed by atoms with Crippen LogP contribution in [0, 0.1) is 22.9 Å². The summed E-state index contributed by atoms with van der Waals surface area (Å²) in [5.74, 6) is -0.258. The Balaban J connectivity index is 1.67. The third kappa shape index (κ3) is 5.54. The average molecular weight is 442 g/mol. The van der Waals surface area contributed by atoms with Crippen LogP contribution in [0.15, 0.2) is 64.3 Å². The molecule has 2 aromatic carbocycles. The van der Waals surface area contributed by atoms with Gasteiger partial charge in [-0.2, -0.15) is 5.10 Å². The van der Waals surface area contributed by atoms with Crippen molar-refractivity contribution in [3.8, 4) is 5.69 Å². The zero-order valence-corrected chi connectivity index (χ0v) is 17.4. The van der Waals surface area contributed by atoms with E-state index in [1.165, 1.54) is 52.8 Å². The first-order valence-electron chi connectivity index (χ1n) is 9.38. The summed E-state index contributed by atoms with van der Waals surface area (Å²) in [7, 11) is 0. The highest BCUT2D eigenvalue weighted by Crippen LogP contribution is 2.22. The Morgan fingerprint density at radius 3 is 2.65 bits per heavy atom. The lowest BCUT2D eigenvalue weighted by molar-refractivity contribution is -0.384. The summed E-state index contributed by atoms with van der Waals surface area (Å²) >= 11 is 1.52. The maximum Gasteiger partial charge on any atom is 0.294 e. The van der Waals surface area contributed by atoms with E-state index < -0.39 is 16.3 Å². The molecule has 0 unspecified atom stereocenters. The molecule has 1 amide bonds. The minimum atomic E-state index is -0.649. The topological polar surface area (TPSA) is 107 Å². The number of para-hydroxylation sites is 2. The molecule has 0 aliphatic rings. The fourth-order valence-electron chi connectivity index (χ4n) is 2.82. The zero-order valence-electron chi connectivity index (χ0n) is 16.6. The molecule has 1 aromatic heterocycles. The van der Waals surface area contributed by atoms with E-state index in [-0.39, 0.29) is 22.9 Å². The molecule has 0 atom stereocenters. The quantitative estimate of drug-likeness (QED) is 0.248. The summed E-state index contributed by atoms with van der Waals surface area (Å²) in [5, 5.41) is 18.1. The van der Waals surface area contributed by atoms with Crippen LogP contribution in [0.1, 0.15) is 22.6 Å². The first-order valence-corrected chi connectivity index (χ1v) is 10.4. The molecule has 1 N–H and O–H groups in total. The number of thioether (sulfide) groups is 1. The van der Waals surface area contributed by atoms with E-state index in [1.54, 1.807) is 25.1 Å². The Hall–Kier alpha value is -3.53. The van der Waals surface area contributed by atoms with Gasteiger partial charge in [-0.3, -0.25) is 19.7 Å². The number of nitrogens with zero attached hydrogens (tertiary/aromatic N) is 3. The van der Waals surface area contributed by atoms with Crippen molar-refractivity contribution in [2.24, 2.45) is 0 Å². The smallest absolute Gasteiger partial charge is 0.294 e. The normalized spacial score (nSPS) is 10.6. The first-order chi connectivity index (χ1) is 14.9. The largest absolute Gasteiger partial charge is 0.350 e. The lowest BCUT2D eigenvalue weighted by atomic mass is 10.2. The van der Waals surface area contributed by atoms with Gasteiger partial charge in [-0.25, -0.2) is 9.07 Å². The lowest BCUT2D eigenvalue weighted by Crippen LogP contribution is -2.32. The number of aryl methyl sites for hydroxylation is 1. The summed E-state index contributed by atoms with van der Waals surface area (Å²) in [6.07, 6.45) is 0.623. The van der Waals surface area contributed by atoms with E-state index in [0.29, 0.717) is 24.4 Å². The Kier molecular flexibility index (Phi) is 7.14. The highest BCUT2D eigenvalue weighted by molar-refractivity contribution is 7.99. The van der Waals surface area contributed by atoms with Crippen LogP contribution >= 0.6 is 11.8 Å². The third-order valence-corrected chi connectivity index (χ3v) is 5.42. The monoisotopic (exact) mass is 442 g/mol. The van der Waals surface area contributed by atoms with Crippen LogP contribution in [-0.4, -0.2) is 32.9 Å². The van der Waals surface area contributed by atoms with E-state index in [1.807, 2.05) is 0 Å². The fraction of sp³-hybridized carbons (Fsp3) is 0.190. The molecule has 10 heteroatoms. The van der Waals surface area contributed by atoms with Gasteiger partial charge in [0.1, 0.15) is 11.5 Å². The second-order valence-corrected chi connectivity index (χ2v) is 7.74. The van der Waals surface area contributed by atoms with Gasteiger partial charge in [0.2, 0.25) is 5.43 Å². The van der Waals surface area contributed by atoms with E-state index in [4.69, 9.17) is 0 Å². The summed E-state index contributed by atoms with van der Waals surface area (Å²) in [4.78, 5) is 36.4. The Labute approximate surface area is 181 Å². The second-order valence-electron chi connectivity index (χ2n) is 6.57. The van der Waals surface area contributed by atoms with Gasteiger partial charge in [0.05, 0.1) is 4.92 Å². The van der Waals surface area contributed by atoms with Crippen LogP contribution < -0.4 is 10.7 Å². The molecule has 3 rings (SSSR count). The van der Waals surface area contributed by atoms with Gasteiger partial charge in [-0.1, -0.05) is 12.1 Å². The van der Waals surface area contributed by atoms with Crippen LogP contribution in [0.2, 0.25) is 0 Å². The Morgan fingerprint density at radius 2 is 1.94 bits per heavy atom. The average Bonchev–Trinajstić information content (AvgIpc) is 2.74. The van der Waals surface area contributed by atoms with Gasteiger partial charge in [-0.15, -0.1) is 11.8 Å². The number of amides is 1. The van der Waals surface area contributed by atoms with Crippen molar-refractivity contribution >= 4 is 23.4 Å². The van der Waals surface area contributed by atoms with Crippen LogP contribution in [0.4, 0.5) is 10.1 Å². The summed E-state index contributed by atoms with van der Waals surface area (Å²) in [6.45, 7) is 1.90. The van der Waals surface area contributed by atoms with Crippen molar-refractivity contribution in [1.29, 1.82) is 0 Å². The number of carbonyl (C=O) groups excluding carboxylic acids is 1. The summed E-state index contributed by atoms with van der Waals surface area (Å²) < 4.78 is 14.1. The van der Waals surface area contributed by atoms with Gasteiger partial charge < -0.3 is 5.32 Å². The number of nitrogens with one attached hydrogen (secondary N) is 1. The van der Waals surface area contributed by atoms with Crippen LogP contribution in [0.25, 0.3) is 5.69 Å². The molecule has 1 heterocycles. The summed E-state index contributed by atoms with van der Waals surface area (Å²) in [5.41, 5.74) is -0.562. The second kappa shape index (κ2) is 9.98. The maximum atomic E-state index is 12.9. The molecule has 0 fully saturated rings. The number of rotatable bonds is 8. The van der Waals surface area contributed by atoms with Crippen LogP contribution in [-0.2, 0) is 0 Å². The first kappa shape index (κ1) is 22.2.